The molecule has 1 aliphatic rings. The van der Waals surface area contributed by atoms with E-state index in [4.69, 9.17) is 5.21 Å². The lowest BCUT2D eigenvalue weighted by molar-refractivity contribution is -0.384. The Morgan fingerprint density at radius 1 is 1.06 bits per heavy atom. The Morgan fingerprint density at radius 3 is 2.31 bits per heavy atom. The molecule has 0 unspecified atom stereocenters. The van der Waals surface area contributed by atoms with Crippen LogP contribution in [-0.4, -0.2) is 31.9 Å². The molecule has 32 heavy (non-hydrogen) atoms. The maximum absolute atomic E-state index is 13.3. The first kappa shape index (κ1) is 21.2. The number of hydroxylamine groups is 1. The fourth-order valence-electron chi connectivity index (χ4n) is 4.07. The van der Waals surface area contributed by atoms with Crippen molar-refractivity contribution in [3.8, 4) is 11.4 Å². The van der Waals surface area contributed by atoms with Gasteiger partial charge < -0.3 is 10.3 Å². The molecule has 0 atom stereocenters. The van der Waals surface area contributed by atoms with Crippen LogP contribution in [0.3, 0.4) is 0 Å². The van der Waals surface area contributed by atoms with E-state index in [9.17, 15) is 19.7 Å². The Labute approximate surface area is 182 Å². The number of aromatic amines is 1. The Bertz CT molecular complexity index is 1150. The van der Waals surface area contributed by atoms with Gasteiger partial charge in [0.15, 0.2) is 0 Å². The number of aromatic nitrogens is 2. The molecule has 0 bridgehead atoms. The summed E-state index contributed by atoms with van der Waals surface area (Å²) >= 11 is 0. The number of anilines is 1. The smallest absolute Gasteiger partial charge is 0.274 e. The van der Waals surface area contributed by atoms with Crippen molar-refractivity contribution in [2.45, 2.75) is 31.1 Å². The highest BCUT2D eigenvalue weighted by Gasteiger charge is 2.44. The summed E-state index contributed by atoms with van der Waals surface area (Å²) < 4.78 is 0. The second kappa shape index (κ2) is 8.60. The monoisotopic (exact) mass is 435 g/mol. The Morgan fingerprint density at radius 2 is 1.72 bits per heavy atom. The number of carbonyl (C=O) groups is 2. The first-order valence-electron chi connectivity index (χ1n) is 10.1. The van der Waals surface area contributed by atoms with Crippen molar-refractivity contribution < 1.29 is 19.7 Å². The quantitative estimate of drug-likeness (QED) is 0.264. The minimum absolute atomic E-state index is 0.00495. The van der Waals surface area contributed by atoms with Crippen molar-refractivity contribution in [3.63, 3.8) is 0 Å². The van der Waals surface area contributed by atoms with Crippen LogP contribution >= 0.6 is 0 Å². The molecule has 1 heterocycles. The lowest BCUT2D eigenvalue weighted by atomic mass is 9.82. The molecule has 1 saturated carbocycles. The third-order valence-electron chi connectivity index (χ3n) is 5.84. The Hall–Kier alpha value is -4.05. The summed E-state index contributed by atoms with van der Waals surface area (Å²) in [6.07, 6.45) is 4.76. The number of carbonyl (C=O) groups excluding carboxylic acids is 2. The number of rotatable bonds is 6. The number of hydrogen-bond donors (Lipinski definition) is 4. The summed E-state index contributed by atoms with van der Waals surface area (Å²) in [4.78, 5) is 42.8. The molecule has 3 aromatic rings. The third-order valence-corrected chi connectivity index (χ3v) is 5.84. The normalized spacial score (nSPS) is 14.7. The molecular weight excluding hydrogens is 414 g/mol. The molecule has 4 rings (SSSR count). The summed E-state index contributed by atoms with van der Waals surface area (Å²) in [5.41, 5.74) is 2.97. The molecule has 1 aliphatic carbocycles. The number of nitro groups is 1. The second-order valence-electron chi connectivity index (χ2n) is 7.71. The summed E-state index contributed by atoms with van der Waals surface area (Å²) in [6.45, 7) is 0. The fraction of sp³-hybridized carbons (Fsp3) is 0.227. The minimum atomic E-state index is -0.771. The van der Waals surface area contributed by atoms with Crippen molar-refractivity contribution >= 4 is 23.2 Å². The van der Waals surface area contributed by atoms with Crippen molar-refractivity contribution in [2.24, 2.45) is 0 Å². The molecule has 4 N–H and O–H groups in total. The zero-order valence-corrected chi connectivity index (χ0v) is 17.0. The van der Waals surface area contributed by atoms with Crippen LogP contribution in [-0.2, 0) is 10.2 Å². The number of non-ortho nitro benzene ring substituents is 1. The zero-order valence-electron chi connectivity index (χ0n) is 17.0. The molecule has 1 aromatic heterocycles. The molecule has 0 saturated heterocycles. The first-order chi connectivity index (χ1) is 15.4. The number of nitrogens with zero attached hydrogens (tertiary/aromatic N) is 2. The lowest BCUT2D eigenvalue weighted by Gasteiger charge is -2.26. The van der Waals surface area contributed by atoms with E-state index < -0.39 is 16.2 Å². The van der Waals surface area contributed by atoms with E-state index >= 15 is 0 Å². The van der Waals surface area contributed by atoms with Crippen molar-refractivity contribution in [1.82, 2.24) is 15.4 Å². The Kier molecular flexibility index (Phi) is 5.69. The van der Waals surface area contributed by atoms with Crippen molar-refractivity contribution in [1.29, 1.82) is 0 Å². The second-order valence-corrected chi connectivity index (χ2v) is 7.71. The van der Waals surface area contributed by atoms with Crippen molar-refractivity contribution in [3.05, 3.63) is 76.1 Å². The molecule has 0 radical (unpaired) electrons. The van der Waals surface area contributed by atoms with E-state index in [1.807, 2.05) is 0 Å². The van der Waals surface area contributed by atoms with Crippen molar-refractivity contribution in [2.75, 3.05) is 5.32 Å². The summed E-state index contributed by atoms with van der Waals surface area (Å²) in [6, 6.07) is 12.3. The predicted molar refractivity (Wildman–Crippen MR) is 115 cm³/mol. The van der Waals surface area contributed by atoms with Crippen LogP contribution in [0.25, 0.3) is 11.4 Å². The number of imidazole rings is 1. The highest BCUT2D eigenvalue weighted by molar-refractivity contribution is 6.00. The third kappa shape index (κ3) is 3.95. The molecule has 2 amide bonds. The summed E-state index contributed by atoms with van der Waals surface area (Å²) in [5, 5.41) is 22.5. The molecule has 164 valence electrons. The number of hydrogen-bond acceptors (Lipinski definition) is 6. The number of H-pyrrole nitrogens is 1. The van der Waals surface area contributed by atoms with Crippen LogP contribution in [0.4, 0.5) is 11.4 Å². The van der Waals surface area contributed by atoms with E-state index in [1.54, 1.807) is 35.9 Å². The van der Waals surface area contributed by atoms with Crippen LogP contribution in [0, 0.1) is 10.1 Å². The Balaban J connectivity index is 1.57. The van der Waals surface area contributed by atoms with Gasteiger partial charge in [0.1, 0.15) is 5.82 Å². The van der Waals surface area contributed by atoms with Gasteiger partial charge in [0, 0.05) is 35.1 Å². The van der Waals surface area contributed by atoms with E-state index in [-0.39, 0.29) is 17.2 Å². The molecule has 1 fully saturated rings. The van der Waals surface area contributed by atoms with Gasteiger partial charge in [-0.25, -0.2) is 10.5 Å². The molecule has 10 heteroatoms. The standard InChI is InChI=1S/C22H21N5O5/c28-20(26-30)15-3-7-16(8-4-15)24-21(29)22(11-1-2-12-22)18-13-23-19(25-18)14-5-9-17(10-6-14)27(31)32/h3-10,13,30H,1-2,11-12H2,(H,23,25)(H,24,29)(H,26,28). The topological polar surface area (TPSA) is 150 Å². The van der Waals surface area contributed by atoms with Gasteiger partial charge in [-0.15, -0.1) is 0 Å². The van der Waals surface area contributed by atoms with Gasteiger partial charge in [-0.3, -0.25) is 24.9 Å². The maximum atomic E-state index is 13.3. The van der Waals surface area contributed by atoms with Crippen LogP contribution < -0.4 is 10.8 Å². The molecule has 10 nitrogen and oxygen atoms in total. The van der Waals surface area contributed by atoms with Gasteiger partial charge in [-0.2, -0.15) is 0 Å². The van der Waals surface area contributed by atoms with E-state index in [2.05, 4.69) is 15.3 Å². The van der Waals surface area contributed by atoms with E-state index in [0.717, 1.165) is 12.8 Å². The van der Waals surface area contributed by atoms with Gasteiger partial charge in [-0.1, -0.05) is 12.8 Å². The van der Waals surface area contributed by atoms with Crippen LogP contribution in [0.15, 0.2) is 54.7 Å². The van der Waals surface area contributed by atoms with Crippen LogP contribution in [0.2, 0.25) is 0 Å². The van der Waals surface area contributed by atoms with Gasteiger partial charge in [0.25, 0.3) is 11.6 Å². The highest BCUT2D eigenvalue weighted by atomic mass is 16.6. The van der Waals surface area contributed by atoms with Crippen LogP contribution in [0.5, 0.6) is 0 Å². The summed E-state index contributed by atoms with van der Waals surface area (Å²) in [7, 11) is 0. The maximum Gasteiger partial charge on any atom is 0.274 e. The molecule has 0 spiro atoms. The molecule has 2 aromatic carbocycles. The lowest BCUT2D eigenvalue weighted by Crippen LogP contribution is -2.38. The largest absolute Gasteiger partial charge is 0.341 e. The average molecular weight is 435 g/mol. The number of benzene rings is 2. The molecular formula is C22H21N5O5. The van der Waals surface area contributed by atoms with E-state index in [0.29, 0.717) is 35.6 Å². The number of nitro benzene ring substituents is 1. The number of amides is 2. The fourth-order valence-corrected chi connectivity index (χ4v) is 4.07. The summed E-state index contributed by atoms with van der Waals surface area (Å²) in [5.74, 6) is -0.270. The zero-order chi connectivity index (χ0) is 22.7. The van der Waals surface area contributed by atoms with Gasteiger partial charge in [0.2, 0.25) is 5.91 Å². The van der Waals surface area contributed by atoms with Gasteiger partial charge in [-0.05, 0) is 49.2 Å². The SMILES string of the molecule is O=C(NO)c1ccc(NC(=O)C2(c3cnc(-c4ccc([N+](=O)[O-])cc4)[nH]3)CCCC2)cc1. The minimum Gasteiger partial charge on any atom is -0.341 e. The highest BCUT2D eigenvalue weighted by Crippen LogP contribution is 2.42. The molecule has 0 aliphatic heterocycles. The van der Waals surface area contributed by atoms with Gasteiger partial charge >= 0.3 is 0 Å². The predicted octanol–water partition coefficient (Wildman–Crippen LogP) is 3.55. The van der Waals surface area contributed by atoms with E-state index in [1.165, 1.54) is 24.3 Å². The number of nitrogens with one attached hydrogen (secondary N) is 3. The average Bonchev–Trinajstić information content (AvgIpc) is 3.50. The van der Waals surface area contributed by atoms with Gasteiger partial charge in [0.05, 0.1) is 16.0 Å². The van der Waals surface area contributed by atoms with Crippen LogP contribution in [0.1, 0.15) is 41.7 Å². The first-order valence-corrected chi connectivity index (χ1v) is 10.1.